The molecule has 1 saturated carbocycles. The van der Waals surface area contributed by atoms with E-state index in [0.29, 0.717) is 12.1 Å². The average Bonchev–Trinajstić information content (AvgIpc) is 2.95. The second-order valence-corrected chi connectivity index (χ2v) is 5.69. The molecule has 0 unspecified atom stereocenters. The molecule has 1 fully saturated rings. The van der Waals surface area contributed by atoms with Crippen molar-refractivity contribution in [3.05, 3.63) is 34.4 Å². The lowest BCUT2D eigenvalue weighted by Crippen LogP contribution is -2.40. The van der Waals surface area contributed by atoms with E-state index in [9.17, 15) is 18.4 Å². The molecule has 0 aromatic heterocycles. The van der Waals surface area contributed by atoms with Gasteiger partial charge >= 0.3 is 5.97 Å². The Hall–Kier alpha value is -1.69. The second-order valence-electron chi connectivity index (χ2n) is 5.28. The van der Waals surface area contributed by atoms with Crippen LogP contribution in [0.2, 0.25) is 5.02 Å². The quantitative estimate of drug-likeness (QED) is 0.681. The Balaban J connectivity index is 1.98. The van der Waals surface area contributed by atoms with Crippen molar-refractivity contribution in [2.75, 3.05) is 0 Å². The molecule has 22 heavy (non-hydrogen) atoms. The predicted molar refractivity (Wildman–Crippen MR) is 76.6 cm³/mol. The van der Waals surface area contributed by atoms with Crippen LogP contribution in [0.15, 0.2) is 12.1 Å². The third-order valence-corrected chi connectivity index (χ3v) is 3.90. The molecule has 1 atom stereocenters. The number of benzene rings is 1. The van der Waals surface area contributed by atoms with Crippen molar-refractivity contribution in [1.29, 1.82) is 0 Å². The van der Waals surface area contributed by atoms with Crippen LogP contribution in [-0.4, -0.2) is 24.0 Å². The average molecular weight is 332 g/mol. The van der Waals surface area contributed by atoms with E-state index in [4.69, 9.17) is 16.3 Å². The highest BCUT2D eigenvalue weighted by Crippen LogP contribution is 2.22. The minimum atomic E-state index is -1.21. The molecule has 1 aliphatic carbocycles. The molecule has 0 aliphatic heterocycles. The van der Waals surface area contributed by atoms with Gasteiger partial charge in [-0.05, 0) is 31.9 Å². The first-order valence-electron chi connectivity index (χ1n) is 7.04. The predicted octanol–water partition coefficient (Wildman–Crippen LogP) is 3.22. The molecule has 0 saturated heterocycles. The number of ether oxygens (including phenoxy) is 1. The van der Waals surface area contributed by atoms with Gasteiger partial charge in [0.05, 0.1) is 10.6 Å². The fourth-order valence-electron chi connectivity index (χ4n) is 2.35. The summed E-state index contributed by atoms with van der Waals surface area (Å²) < 4.78 is 31.1. The third-order valence-electron chi connectivity index (χ3n) is 3.58. The smallest absolute Gasteiger partial charge is 0.340 e. The molecular formula is C15H16ClF2NO3. The molecule has 1 amide bonds. The van der Waals surface area contributed by atoms with Gasteiger partial charge < -0.3 is 10.1 Å². The van der Waals surface area contributed by atoms with E-state index >= 15 is 0 Å². The highest BCUT2D eigenvalue weighted by molar-refractivity contribution is 6.33. The maximum atomic E-state index is 13.2. The Kier molecular flexibility index (Phi) is 5.34. The van der Waals surface area contributed by atoms with Crippen LogP contribution in [0.4, 0.5) is 8.78 Å². The van der Waals surface area contributed by atoms with Gasteiger partial charge in [-0.25, -0.2) is 13.6 Å². The lowest BCUT2D eigenvalue weighted by Gasteiger charge is -2.17. The Bertz CT molecular complexity index is 588. The van der Waals surface area contributed by atoms with E-state index in [-0.39, 0.29) is 16.6 Å². The molecule has 2 rings (SSSR count). The van der Waals surface area contributed by atoms with Crippen molar-refractivity contribution in [2.24, 2.45) is 0 Å². The highest BCUT2D eigenvalue weighted by Gasteiger charge is 2.25. The molecule has 1 aromatic rings. The summed E-state index contributed by atoms with van der Waals surface area (Å²) in [6.45, 7) is 1.41. The molecule has 0 spiro atoms. The number of carbonyl (C=O) groups excluding carboxylic acids is 2. The maximum Gasteiger partial charge on any atom is 0.340 e. The van der Waals surface area contributed by atoms with Crippen LogP contribution in [-0.2, 0) is 9.53 Å². The molecule has 0 heterocycles. The number of halogens is 3. The Morgan fingerprint density at radius 3 is 2.50 bits per heavy atom. The first kappa shape index (κ1) is 16.7. The Labute approximate surface area is 131 Å². The molecular weight excluding hydrogens is 316 g/mol. The van der Waals surface area contributed by atoms with Crippen LogP contribution in [0.3, 0.4) is 0 Å². The number of hydrogen-bond donors (Lipinski definition) is 1. The van der Waals surface area contributed by atoms with E-state index in [1.165, 1.54) is 6.92 Å². The summed E-state index contributed by atoms with van der Waals surface area (Å²) in [5.74, 6) is -3.76. The Morgan fingerprint density at radius 2 is 1.86 bits per heavy atom. The van der Waals surface area contributed by atoms with Gasteiger partial charge in [-0.15, -0.1) is 0 Å². The van der Waals surface area contributed by atoms with Gasteiger partial charge in [0.2, 0.25) is 0 Å². The first-order chi connectivity index (χ1) is 10.4. The van der Waals surface area contributed by atoms with E-state index in [1.54, 1.807) is 0 Å². The summed E-state index contributed by atoms with van der Waals surface area (Å²) in [5.41, 5.74) is -0.318. The molecule has 0 radical (unpaired) electrons. The van der Waals surface area contributed by atoms with Crippen molar-refractivity contribution in [2.45, 2.75) is 44.8 Å². The maximum absolute atomic E-state index is 13.2. The van der Waals surface area contributed by atoms with E-state index < -0.39 is 29.6 Å². The van der Waals surface area contributed by atoms with Gasteiger partial charge in [0.15, 0.2) is 17.7 Å². The van der Waals surface area contributed by atoms with Gasteiger partial charge in [-0.1, -0.05) is 24.4 Å². The van der Waals surface area contributed by atoms with E-state index in [2.05, 4.69) is 5.32 Å². The lowest BCUT2D eigenvalue weighted by molar-refractivity contribution is -0.129. The van der Waals surface area contributed by atoms with Crippen LogP contribution in [0.5, 0.6) is 0 Å². The molecule has 4 nitrogen and oxygen atoms in total. The molecule has 1 N–H and O–H groups in total. The van der Waals surface area contributed by atoms with Crippen molar-refractivity contribution in [3.63, 3.8) is 0 Å². The van der Waals surface area contributed by atoms with Crippen LogP contribution in [0.25, 0.3) is 0 Å². The van der Waals surface area contributed by atoms with E-state index in [0.717, 1.165) is 25.7 Å². The zero-order chi connectivity index (χ0) is 16.3. The number of amides is 1. The zero-order valence-electron chi connectivity index (χ0n) is 12.0. The SMILES string of the molecule is C[C@@H](OC(=O)c1cc(F)c(F)cc1Cl)C(=O)NC1CCCC1. The fourth-order valence-corrected chi connectivity index (χ4v) is 2.57. The van der Waals surface area contributed by atoms with Crippen molar-refractivity contribution < 1.29 is 23.1 Å². The molecule has 1 aliphatic rings. The summed E-state index contributed by atoms with van der Waals surface area (Å²) in [7, 11) is 0. The summed E-state index contributed by atoms with van der Waals surface area (Å²) in [6, 6.07) is 1.44. The van der Waals surface area contributed by atoms with Gasteiger partial charge in [-0.3, -0.25) is 4.79 Å². The summed E-state index contributed by atoms with van der Waals surface area (Å²) in [6.07, 6.45) is 2.88. The number of carbonyl (C=O) groups is 2. The minimum Gasteiger partial charge on any atom is -0.449 e. The molecule has 7 heteroatoms. The zero-order valence-corrected chi connectivity index (χ0v) is 12.8. The summed E-state index contributed by atoms with van der Waals surface area (Å²) in [4.78, 5) is 23.8. The first-order valence-corrected chi connectivity index (χ1v) is 7.42. The topological polar surface area (TPSA) is 55.4 Å². The van der Waals surface area contributed by atoms with Gasteiger partial charge in [-0.2, -0.15) is 0 Å². The van der Waals surface area contributed by atoms with Crippen LogP contribution in [0.1, 0.15) is 43.0 Å². The van der Waals surface area contributed by atoms with Crippen LogP contribution < -0.4 is 5.32 Å². The summed E-state index contributed by atoms with van der Waals surface area (Å²) in [5, 5.41) is 2.52. The normalized spacial score (nSPS) is 16.4. The number of hydrogen-bond acceptors (Lipinski definition) is 3. The molecule has 1 aromatic carbocycles. The van der Waals surface area contributed by atoms with Gasteiger partial charge in [0.25, 0.3) is 5.91 Å². The standard InChI is InChI=1S/C15H16ClF2NO3/c1-8(14(20)19-9-4-2-3-5-9)22-15(21)10-6-12(17)13(18)7-11(10)16/h6-9H,2-5H2,1H3,(H,19,20)/t8-/m1/s1. The minimum absolute atomic E-state index is 0.0977. The van der Waals surface area contributed by atoms with Gasteiger partial charge in [0.1, 0.15) is 0 Å². The number of nitrogens with one attached hydrogen (secondary N) is 1. The van der Waals surface area contributed by atoms with Crippen molar-refractivity contribution in [3.8, 4) is 0 Å². The molecule has 0 bridgehead atoms. The monoisotopic (exact) mass is 331 g/mol. The number of rotatable bonds is 4. The van der Waals surface area contributed by atoms with Gasteiger partial charge in [0, 0.05) is 6.04 Å². The largest absolute Gasteiger partial charge is 0.449 e. The second kappa shape index (κ2) is 7.05. The third kappa shape index (κ3) is 3.94. The number of esters is 1. The Morgan fingerprint density at radius 1 is 1.27 bits per heavy atom. The van der Waals surface area contributed by atoms with E-state index in [1.807, 2.05) is 0 Å². The fraction of sp³-hybridized carbons (Fsp3) is 0.467. The lowest BCUT2D eigenvalue weighted by atomic mass is 10.2. The highest BCUT2D eigenvalue weighted by atomic mass is 35.5. The summed E-state index contributed by atoms with van der Waals surface area (Å²) >= 11 is 5.69. The molecule has 120 valence electrons. The van der Waals surface area contributed by atoms with Crippen LogP contribution in [0, 0.1) is 11.6 Å². The van der Waals surface area contributed by atoms with Crippen molar-refractivity contribution >= 4 is 23.5 Å². The van der Waals surface area contributed by atoms with Crippen molar-refractivity contribution in [1.82, 2.24) is 5.32 Å². The van der Waals surface area contributed by atoms with Crippen LogP contribution >= 0.6 is 11.6 Å².